The highest BCUT2D eigenvalue weighted by Gasteiger charge is 2.33. The zero-order chi connectivity index (χ0) is 14.7. The van der Waals surface area contributed by atoms with E-state index in [2.05, 4.69) is 5.32 Å². The first-order chi connectivity index (χ1) is 9.47. The van der Waals surface area contributed by atoms with Crippen molar-refractivity contribution in [2.45, 2.75) is 25.3 Å². The molecular weight excluding hydrogens is 256 g/mol. The van der Waals surface area contributed by atoms with Crippen molar-refractivity contribution in [2.24, 2.45) is 5.92 Å². The largest absolute Gasteiger partial charge is 0.481 e. The van der Waals surface area contributed by atoms with Crippen LogP contribution in [0.3, 0.4) is 0 Å². The Hall–Kier alpha value is -2.04. The third kappa shape index (κ3) is 3.73. The maximum atomic E-state index is 12.1. The lowest BCUT2D eigenvalue weighted by atomic mass is 10.1. The number of aliphatic carboxylic acids is 1. The molecule has 1 aliphatic carbocycles. The number of anilines is 1. The fourth-order valence-corrected chi connectivity index (χ4v) is 2.18. The molecule has 5 heteroatoms. The normalized spacial score (nSPS) is 15.5. The van der Waals surface area contributed by atoms with Gasteiger partial charge in [0.05, 0.1) is 6.42 Å². The van der Waals surface area contributed by atoms with Gasteiger partial charge in [0, 0.05) is 31.4 Å². The van der Waals surface area contributed by atoms with Gasteiger partial charge in [0.2, 0.25) is 0 Å². The van der Waals surface area contributed by atoms with E-state index in [1.54, 1.807) is 12.1 Å². The van der Waals surface area contributed by atoms with Crippen molar-refractivity contribution in [3.63, 3.8) is 0 Å². The Labute approximate surface area is 118 Å². The van der Waals surface area contributed by atoms with Crippen LogP contribution in [0, 0.1) is 5.92 Å². The lowest BCUT2D eigenvalue weighted by molar-refractivity contribution is -0.137. The Morgan fingerprint density at radius 1 is 1.30 bits per heavy atom. The highest BCUT2D eigenvalue weighted by Crippen LogP contribution is 2.34. The van der Waals surface area contributed by atoms with Crippen LogP contribution in [-0.4, -0.2) is 37.1 Å². The summed E-state index contributed by atoms with van der Waals surface area (Å²) in [5.41, 5.74) is 1.58. The van der Waals surface area contributed by atoms with E-state index in [1.807, 2.05) is 31.1 Å². The maximum Gasteiger partial charge on any atom is 0.305 e. The number of amides is 1. The molecule has 1 aromatic carbocycles. The van der Waals surface area contributed by atoms with Gasteiger partial charge in [0.1, 0.15) is 0 Å². The molecule has 1 unspecified atom stereocenters. The van der Waals surface area contributed by atoms with Gasteiger partial charge >= 0.3 is 5.97 Å². The van der Waals surface area contributed by atoms with Crippen LogP contribution in [0.2, 0.25) is 0 Å². The summed E-state index contributed by atoms with van der Waals surface area (Å²) in [7, 11) is 3.87. The van der Waals surface area contributed by atoms with Crippen molar-refractivity contribution in [3.8, 4) is 0 Å². The van der Waals surface area contributed by atoms with Gasteiger partial charge in [-0.3, -0.25) is 9.59 Å². The number of benzene rings is 1. The molecule has 0 aliphatic heterocycles. The second kappa shape index (κ2) is 5.94. The minimum atomic E-state index is -0.870. The summed E-state index contributed by atoms with van der Waals surface area (Å²) in [6, 6.07) is 7.01. The summed E-state index contributed by atoms with van der Waals surface area (Å²) in [5, 5.41) is 11.7. The molecule has 1 aromatic rings. The summed E-state index contributed by atoms with van der Waals surface area (Å²) < 4.78 is 0. The van der Waals surface area contributed by atoms with Crippen molar-refractivity contribution < 1.29 is 14.7 Å². The number of nitrogens with zero attached hydrogens (tertiary/aromatic N) is 1. The van der Waals surface area contributed by atoms with E-state index < -0.39 is 5.97 Å². The molecule has 1 amide bonds. The molecule has 2 N–H and O–H groups in total. The summed E-state index contributed by atoms with van der Waals surface area (Å²) in [6.45, 7) is 0. The van der Waals surface area contributed by atoms with Gasteiger partial charge in [-0.2, -0.15) is 0 Å². The molecule has 20 heavy (non-hydrogen) atoms. The molecule has 0 saturated heterocycles. The number of rotatable bonds is 6. The van der Waals surface area contributed by atoms with Gasteiger partial charge in [-0.15, -0.1) is 0 Å². The summed E-state index contributed by atoms with van der Waals surface area (Å²) >= 11 is 0. The quantitative estimate of drug-likeness (QED) is 0.830. The van der Waals surface area contributed by atoms with Crippen molar-refractivity contribution >= 4 is 17.6 Å². The highest BCUT2D eigenvalue weighted by molar-refractivity contribution is 5.95. The minimum absolute atomic E-state index is 0.00775. The number of carboxylic acids is 1. The number of carboxylic acid groups (broad SMARTS) is 1. The van der Waals surface area contributed by atoms with Gasteiger partial charge < -0.3 is 15.3 Å². The van der Waals surface area contributed by atoms with Gasteiger partial charge in [0.15, 0.2) is 0 Å². The smallest absolute Gasteiger partial charge is 0.305 e. The standard InChI is InChI=1S/C15H20N2O3/c1-17(2)12-7-5-11(6-8-12)15(20)16-13(9-14(18)19)10-3-4-10/h5-8,10,13H,3-4,9H2,1-2H3,(H,16,20)(H,18,19). The van der Waals surface area contributed by atoms with E-state index >= 15 is 0 Å². The molecule has 1 saturated carbocycles. The van der Waals surface area contributed by atoms with E-state index in [0.717, 1.165) is 18.5 Å². The number of carbonyl (C=O) groups excluding carboxylic acids is 1. The first-order valence-corrected chi connectivity index (χ1v) is 6.77. The Bertz CT molecular complexity index is 492. The lowest BCUT2D eigenvalue weighted by Crippen LogP contribution is -2.38. The van der Waals surface area contributed by atoms with Crippen LogP contribution in [0.15, 0.2) is 24.3 Å². The number of hydrogen-bond donors (Lipinski definition) is 2. The molecule has 5 nitrogen and oxygen atoms in total. The Balaban J connectivity index is 2.00. The molecule has 2 rings (SSSR count). The van der Waals surface area contributed by atoms with Crippen molar-refractivity contribution in [3.05, 3.63) is 29.8 Å². The SMILES string of the molecule is CN(C)c1ccc(C(=O)NC(CC(=O)O)C2CC2)cc1. The average Bonchev–Trinajstić information content (AvgIpc) is 3.21. The topological polar surface area (TPSA) is 69.6 Å². The molecule has 1 fully saturated rings. The molecule has 0 spiro atoms. The van der Waals surface area contributed by atoms with Crippen LogP contribution in [-0.2, 0) is 4.79 Å². The van der Waals surface area contributed by atoms with E-state index in [0.29, 0.717) is 11.5 Å². The minimum Gasteiger partial charge on any atom is -0.481 e. The van der Waals surface area contributed by atoms with Crippen LogP contribution < -0.4 is 10.2 Å². The number of hydrogen-bond acceptors (Lipinski definition) is 3. The van der Waals surface area contributed by atoms with Crippen molar-refractivity contribution in [2.75, 3.05) is 19.0 Å². The van der Waals surface area contributed by atoms with E-state index in [4.69, 9.17) is 5.11 Å². The third-order valence-electron chi connectivity index (χ3n) is 3.55. The van der Waals surface area contributed by atoms with Crippen LogP contribution >= 0.6 is 0 Å². The number of nitrogens with one attached hydrogen (secondary N) is 1. The van der Waals surface area contributed by atoms with E-state index in [9.17, 15) is 9.59 Å². The summed E-state index contributed by atoms with van der Waals surface area (Å²) in [6.07, 6.45) is 1.99. The molecule has 0 heterocycles. The third-order valence-corrected chi connectivity index (χ3v) is 3.55. The Kier molecular flexibility index (Phi) is 4.27. The van der Waals surface area contributed by atoms with Gasteiger partial charge in [-0.25, -0.2) is 0 Å². The van der Waals surface area contributed by atoms with E-state index in [1.165, 1.54) is 0 Å². The van der Waals surface area contributed by atoms with Crippen LogP contribution in [0.1, 0.15) is 29.6 Å². The van der Waals surface area contributed by atoms with Crippen molar-refractivity contribution in [1.29, 1.82) is 0 Å². The monoisotopic (exact) mass is 276 g/mol. The van der Waals surface area contributed by atoms with Gasteiger partial charge in [0.25, 0.3) is 5.91 Å². The summed E-state index contributed by atoms with van der Waals surface area (Å²) in [4.78, 5) is 24.9. The molecule has 108 valence electrons. The first kappa shape index (κ1) is 14.4. The molecule has 1 aliphatic rings. The van der Waals surface area contributed by atoms with Crippen LogP contribution in [0.5, 0.6) is 0 Å². The predicted octanol–water partition coefficient (Wildman–Crippen LogP) is 1.74. The van der Waals surface area contributed by atoms with Gasteiger partial charge in [-0.1, -0.05) is 0 Å². The fourth-order valence-electron chi connectivity index (χ4n) is 2.18. The maximum absolute atomic E-state index is 12.1. The average molecular weight is 276 g/mol. The number of carbonyl (C=O) groups is 2. The lowest BCUT2D eigenvalue weighted by Gasteiger charge is -2.17. The summed E-state index contributed by atoms with van der Waals surface area (Å²) in [5.74, 6) is -0.755. The Morgan fingerprint density at radius 3 is 2.35 bits per heavy atom. The first-order valence-electron chi connectivity index (χ1n) is 6.77. The molecule has 0 bridgehead atoms. The second-order valence-corrected chi connectivity index (χ2v) is 5.46. The van der Waals surface area contributed by atoms with Crippen molar-refractivity contribution in [1.82, 2.24) is 5.32 Å². The van der Waals surface area contributed by atoms with E-state index in [-0.39, 0.29) is 18.4 Å². The second-order valence-electron chi connectivity index (χ2n) is 5.46. The highest BCUT2D eigenvalue weighted by atomic mass is 16.4. The Morgan fingerprint density at radius 2 is 1.90 bits per heavy atom. The molecule has 0 aromatic heterocycles. The fraction of sp³-hybridized carbons (Fsp3) is 0.467. The van der Waals surface area contributed by atoms with Crippen LogP contribution in [0.25, 0.3) is 0 Å². The van der Waals surface area contributed by atoms with Gasteiger partial charge in [-0.05, 0) is 43.0 Å². The molecule has 1 atom stereocenters. The van der Waals surface area contributed by atoms with Crippen LogP contribution in [0.4, 0.5) is 5.69 Å². The predicted molar refractivity (Wildman–Crippen MR) is 77.0 cm³/mol. The zero-order valence-corrected chi connectivity index (χ0v) is 11.8. The molecule has 0 radical (unpaired) electrons. The zero-order valence-electron chi connectivity index (χ0n) is 11.8. The molecular formula is C15H20N2O3.